The second-order valence-corrected chi connectivity index (χ2v) is 15.9. The second kappa shape index (κ2) is 27.2. The molecule has 0 aromatic heterocycles. The molecule has 3 rings (SSSR count). The van der Waals surface area contributed by atoms with Crippen LogP contribution < -0.4 is 59.2 Å². The highest BCUT2D eigenvalue weighted by molar-refractivity contribution is 6.09. The molecule has 0 heterocycles. The molecule has 0 bridgehead atoms. The highest BCUT2D eigenvalue weighted by atomic mass is 16.6. The molecule has 0 radical (unpaired) electrons. The van der Waals surface area contributed by atoms with Crippen molar-refractivity contribution in [3.05, 3.63) is 76.7 Å². The molecule has 1 atom stereocenters. The van der Waals surface area contributed by atoms with Crippen LogP contribution in [0.25, 0.3) is 18.2 Å². The summed E-state index contributed by atoms with van der Waals surface area (Å²) >= 11 is 0. The van der Waals surface area contributed by atoms with E-state index in [4.69, 9.17) is 37.9 Å². The molecule has 0 spiro atoms. The second-order valence-electron chi connectivity index (χ2n) is 15.9. The largest absolute Gasteiger partial charge is 0.423 e. The van der Waals surface area contributed by atoms with Crippen LogP contribution in [0.1, 0.15) is 99.3 Å². The summed E-state index contributed by atoms with van der Waals surface area (Å²) in [4.78, 5) is 152. The number of hydrogen-bond donors (Lipinski definition) is 4. The smallest absolute Gasteiger partial charge is 0.308 e. The summed E-state index contributed by atoms with van der Waals surface area (Å²) in [6.45, 7) is 12.9. The van der Waals surface area contributed by atoms with Crippen LogP contribution in [0.3, 0.4) is 0 Å². The summed E-state index contributed by atoms with van der Waals surface area (Å²) in [5, 5.41) is 9.74. The maximum Gasteiger partial charge on any atom is 0.308 e. The Hall–Kier alpha value is -9.48. The molecular weight excluding hydrogens is 977 g/mol. The molecule has 74 heavy (non-hydrogen) atoms. The quantitative estimate of drug-likeness (QED) is 0.0705. The minimum absolute atomic E-state index is 0.0536. The Balaban J connectivity index is 2.41. The number of esters is 8. The lowest BCUT2D eigenvalue weighted by Gasteiger charge is -2.21. The molecule has 0 aliphatic rings. The van der Waals surface area contributed by atoms with E-state index in [2.05, 4.69) is 21.3 Å². The van der Waals surface area contributed by atoms with Crippen LogP contribution >= 0.6 is 0 Å². The zero-order valence-electron chi connectivity index (χ0n) is 41.9. The highest BCUT2D eigenvalue weighted by Crippen LogP contribution is 2.41. The van der Waals surface area contributed by atoms with Crippen LogP contribution in [-0.4, -0.2) is 77.4 Å². The zero-order chi connectivity index (χ0) is 55.6. The van der Waals surface area contributed by atoms with Gasteiger partial charge in [-0.3, -0.25) is 57.5 Å². The number of carbonyl (C=O) groups excluding carboxylic acids is 12. The van der Waals surface area contributed by atoms with Gasteiger partial charge in [0.15, 0.2) is 34.5 Å². The van der Waals surface area contributed by atoms with Gasteiger partial charge in [-0.15, -0.1) is 0 Å². The Labute approximate surface area is 422 Å². The van der Waals surface area contributed by atoms with Gasteiger partial charge in [-0.1, -0.05) is 19.9 Å². The molecule has 4 N–H and O–H groups in total. The van der Waals surface area contributed by atoms with Crippen LogP contribution in [0, 0.1) is 5.92 Å². The van der Waals surface area contributed by atoms with Crippen LogP contribution in [0.5, 0.6) is 46.0 Å². The third-order valence-electron chi connectivity index (χ3n) is 8.58. The van der Waals surface area contributed by atoms with Crippen molar-refractivity contribution >= 4 is 89.6 Å². The molecular formula is C50H52N4O20. The van der Waals surface area contributed by atoms with Gasteiger partial charge < -0.3 is 59.2 Å². The van der Waals surface area contributed by atoms with Crippen molar-refractivity contribution in [2.75, 3.05) is 0 Å². The minimum Gasteiger partial charge on any atom is -0.423 e. The Morgan fingerprint density at radius 1 is 0.446 bits per heavy atom. The van der Waals surface area contributed by atoms with E-state index in [0.717, 1.165) is 105 Å². The number of benzene rings is 3. The van der Waals surface area contributed by atoms with Crippen LogP contribution in [0.15, 0.2) is 60.1 Å². The van der Waals surface area contributed by atoms with Gasteiger partial charge in [-0.25, -0.2) is 0 Å². The summed E-state index contributed by atoms with van der Waals surface area (Å²) in [7, 11) is 0. The first kappa shape index (κ1) is 58.8. The molecule has 0 fully saturated rings. The molecule has 24 nitrogen and oxygen atoms in total. The van der Waals surface area contributed by atoms with E-state index in [1.807, 2.05) is 0 Å². The molecule has 0 saturated heterocycles. The Morgan fingerprint density at radius 3 is 1.19 bits per heavy atom. The van der Waals surface area contributed by atoms with E-state index in [1.165, 1.54) is 24.3 Å². The maximum absolute atomic E-state index is 14.7. The number of carbonyl (C=O) groups is 12. The zero-order valence-corrected chi connectivity index (χ0v) is 41.9. The minimum atomic E-state index is -1.29. The first-order valence-corrected chi connectivity index (χ1v) is 21.9. The Morgan fingerprint density at radius 2 is 0.811 bits per heavy atom. The van der Waals surface area contributed by atoms with Crippen molar-refractivity contribution in [3.8, 4) is 46.0 Å². The monoisotopic (exact) mass is 1030 g/mol. The van der Waals surface area contributed by atoms with Crippen molar-refractivity contribution in [2.24, 2.45) is 5.92 Å². The summed E-state index contributed by atoms with van der Waals surface area (Å²) < 4.78 is 41.7. The fourth-order valence-corrected chi connectivity index (χ4v) is 6.17. The van der Waals surface area contributed by atoms with Gasteiger partial charge in [0.1, 0.15) is 17.4 Å². The molecule has 3 aromatic carbocycles. The van der Waals surface area contributed by atoms with E-state index in [9.17, 15) is 57.5 Å². The van der Waals surface area contributed by atoms with Gasteiger partial charge in [-0.2, -0.15) is 0 Å². The number of rotatable bonds is 20. The van der Waals surface area contributed by atoms with Crippen molar-refractivity contribution in [1.82, 2.24) is 21.3 Å². The van der Waals surface area contributed by atoms with Gasteiger partial charge >= 0.3 is 47.8 Å². The van der Waals surface area contributed by atoms with Gasteiger partial charge in [0.25, 0.3) is 11.8 Å². The fraction of sp³-hybridized carbons (Fsp3) is 0.280. The Kier molecular flexibility index (Phi) is 21.6. The number of nitrogens with one attached hydrogen (secondary N) is 4. The van der Waals surface area contributed by atoms with Crippen LogP contribution in [0.4, 0.5) is 0 Å². The average Bonchev–Trinajstić information content (AvgIpc) is 3.24. The molecule has 0 saturated carbocycles. The van der Waals surface area contributed by atoms with Crippen molar-refractivity contribution in [3.63, 3.8) is 0 Å². The van der Waals surface area contributed by atoms with E-state index in [0.29, 0.717) is 0 Å². The van der Waals surface area contributed by atoms with Crippen molar-refractivity contribution < 1.29 is 95.4 Å². The van der Waals surface area contributed by atoms with Gasteiger partial charge in [0, 0.05) is 68.5 Å². The topological polar surface area (TPSA) is 327 Å². The van der Waals surface area contributed by atoms with Crippen molar-refractivity contribution in [1.29, 1.82) is 0 Å². The van der Waals surface area contributed by atoms with Gasteiger partial charge in [0.2, 0.25) is 23.3 Å². The molecule has 4 amide bonds. The lowest BCUT2D eigenvalue weighted by atomic mass is 10.0. The maximum atomic E-state index is 14.7. The fourth-order valence-electron chi connectivity index (χ4n) is 6.17. The Bertz CT molecular complexity index is 2800. The van der Waals surface area contributed by atoms with Gasteiger partial charge in [-0.05, 0) is 83.7 Å². The average molecular weight is 1030 g/mol. The molecule has 1 unspecified atom stereocenters. The molecule has 392 valence electrons. The predicted octanol–water partition coefficient (Wildman–Crippen LogP) is 4.04. The SMILES string of the molecule is CC(=O)NC(CC(C)C)C(=O)NC(=Cc1cc(OC(C)=O)c(OC(C)=O)c(OC(C)=O)c1)C(=O)NC(=Cc1cc(OC(C)=O)c(OC(C)=O)c(OC(C)=O)c1)C(=O)NC=Cc1ccc(OC(C)=O)c(OC(C)=O)c1. The summed E-state index contributed by atoms with van der Waals surface area (Å²) in [5.41, 5.74) is -1.43. The molecule has 0 aliphatic heterocycles. The third-order valence-corrected chi connectivity index (χ3v) is 8.58. The van der Waals surface area contributed by atoms with Crippen molar-refractivity contribution in [2.45, 2.75) is 88.6 Å². The van der Waals surface area contributed by atoms with Gasteiger partial charge in [0.05, 0.1) is 0 Å². The lowest BCUT2D eigenvalue weighted by molar-refractivity contribution is -0.135. The lowest BCUT2D eigenvalue weighted by Crippen LogP contribution is -2.48. The van der Waals surface area contributed by atoms with E-state index < -0.39 is 123 Å². The van der Waals surface area contributed by atoms with E-state index >= 15 is 0 Å². The normalized spacial score (nSPS) is 11.5. The van der Waals surface area contributed by atoms with E-state index in [1.54, 1.807) is 13.8 Å². The number of amides is 4. The predicted molar refractivity (Wildman–Crippen MR) is 256 cm³/mol. The highest BCUT2D eigenvalue weighted by Gasteiger charge is 2.27. The molecule has 24 heteroatoms. The number of ether oxygens (including phenoxy) is 8. The summed E-state index contributed by atoms with van der Waals surface area (Å²) in [5.74, 6) is -14.5. The first-order chi connectivity index (χ1) is 34.6. The standard InChI is InChI=1S/C50H52N4O20/c1-24(2)16-37(52-25(3)55)49(65)54-39(18-36-22-44(71-30(8)60)47(74-33(11)63)45(23-36)72-31(9)61)50(66)53-38(17-35-20-42(69-28(6)58)46(73-32(10)62)43(21-35)70-29(7)59)48(64)51-15-14-34-12-13-40(67-26(4)56)41(19-34)68-27(5)57/h12-15,17-24,37H,16H2,1-11H3,(H,51,64)(H,52,55)(H,53,66)(H,54,65). The van der Waals surface area contributed by atoms with Crippen LogP contribution in [0.2, 0.25) is 0 Å². The van der Waals surface area contributed by atoms with Crippen LogP contribution in [-0.2, 0) is 57.5 Å². The summed E-state index contributed by atoms with van der Waals surface area (Å²) in [6.07, 6.45) is 4.40. The number of hydrogen-bond acceptors (Lipinski definition) is 20. The third kappa shape index (κ3) is 19.7. The molecule has 3 aromatic rings. The molecule has 0 aliphatic carbocycles. The first-order valence-electron chi connectivity index (χ1n) is 21.9. The summed E-state index contributed by atoms with van der Waals surface area (Å²) in [6, 6.07) is 7.06. The van der Waals surface area contributed by atoms with E-state index in [-0.39, 0.29) is 40.5 Å².